The standard InChI is InChI=1S/C6H5Cl2F3N2/c1-3(6(9,10)11)4(7)13-5(8)12-2/h2H2,1H3/b4-3+,13-5-. The van der Waals surface area contributed by atoms with Crippen LogP contribution in [0.5, 0.6) is 0 Å². The van der Waals surface area contributed by atoms with Gasteiger partial charge in [-0.25, -0.2) is 9.98 Å². The van der Waals surface area contributed by atoms with Gasteiger partial charge in [-0.3, -0.25) is 0 Å². The molecule has 0 bridgehead atoms. The van der Waals surface area contributed by atoms with Crippen LogP contribution in [0.1, 0.15) is 6.92 Å². The third kappa shape index (κ3) is 4.28. The van der Waals surface area contributed by atoms with Gasteiger partial charge in [0.1, 0.15) is 5.16 Å². The summed E-state index contributed by atoms with van der Waals surface area (Å²) in [6, 6.07) is 0. The Labute approximate surface area is 82.8 Å². The molecule has 0 aromatic heterocycles. The summed E-state index contributed by atoms with van der Waals surface area (Å²) in [6.45, 7) is 3.75. The Morgan fingerprint density at radius 3 is 2.08 bits per heavy atom. The Morgan fingerprint density at radius 1 is 1.31 bits per heavy atom. The predicted octanol–water partition coefficient (Wildman–Crippen LogP) is 3.31. The van der Waals surface area contributed by atoms with Crippen molar-refractivity contribution in [1.82, 2.24) is 0 Å². The van der Waals surface area contributed by atoms with E-state index in [4.69, 9.17) is 23.2 Å². The van der Waals surface area contributed by atoms with Crippen molar-refractivity contribution in [2.45, 2.75) is 13.1 Å². The van der Waals surface area contributed by atoms with E-state index in [0.717, 1.165) is 6.92 Å². The lowest BCUT2D eigenvalue weighted by Gasteiger charge is -2.06. The minimum absolute atomic E-state index is 0.436. The average molecular weight is 233 g/mol. The molecular weight excluding hydrogens is 228 g/mol. The summed E-state index contributed by atoms with van der Waals surface area (Å²) in [5.41, 5.74) is -1.03. The van der Waals surface area contributed by atoms with Crippen LogP contribution < -0.4 is 0 Å². The van der Waals surface area contributed by atoms with Crippen LogP contribution in [0.4, 0.5) is 13.2 Å². The van der Waals surface area contributed by atoms with E-state index in [-0.39, 0.29) is 0 Å². The Morgan fingerprint density at radius 2 is 1.77 bits per heavy atom. The highest BCUT2D eigenvalue weighted by molar-refractivity contribution is 6.65. The van der Waals surface area contributed by atoms with Gasteiger partial charge in [0, 0.05) is 0 Å². The van der Waals surface area contributed by atoms with Crippen LogP contribution >= 0.6 is 23.2 Å². The van der Waals surface area contributed by atoms with Crippen LogP contribution in [0.25, 0.3) is 0 Å². The van der Waals surface area contributed by atoms with Gasteiger partial charge < -0.3 is 0 Å². The van der Waals surface area contributed by atoms with E-state index in [1.165, 1.54) is 0 Å². The molecule has 0 aliphatic carbocycles. The molecule has 0 atom stereocenters. The molecule has 0 saturated heterocycles. The Bertz CT molecular complexity index is 268. The first-order chi connectivity index (χ1) is 5.79. The first kappa shape index (κ1) is 12.4. The van der Waals surface area contributed by atoms with Gasteiger partial charge in [0.05, 0.1) is 5.57 Å². The predicted molar refractivity (Wildman–Crippen MR) is 47.4 cm³/mol. The highest BCUT2D eigenvalue weighted by Gasteiger charge is 2.32. The zero-order chi connectivity index (χ0) is 10.6. The maximum atomic E-state index is 12.0. The number of alkyl halides is 3. The van der Waals surface area contributed by atoms with Crippen LogP contribution in [-0.2, 0) is 0 Å². The number of hydrogen-bond donors (Lipinski definition) is 0. The van der Waals surface area contributed by atoms with Gasteiger partial charge in [-0.2, -0.15) is 13.2 Å². The molecule has 0 spiro atoms. The second-order valence-corrected chi connectivity index (χ2v) is 2.65. The fourth-order valence-electron chi connectivity index (χ4n) is 0.317. The average Bonchev–Trinajstić information content (AvgIpc) is 2.01. The molecular formula is C6H5Cl2F3N2. The number of allylic oxidation sites excluding steroid dienone is 1. The van der Waals surface area contributed by atoms with E-state index >= 15 is 0 Å². The number of hydrogen-bond acceptors (Lipinski definition) is 1. The van der Waals surface area contributed by atoms with E-state index < -0.39 is 22.2 Å². The zero-order valence-corrected chi connectivity index (χ0v) is 8.00. The smallest absolute Gasteiger partial charge is 0.234 e. The topological polar surface area (TPSA) is 24.7 Å². The fraction of sp³-hybridized carbons (Fsp3) is 0.333. The summed E-state index contributed by atoms with van der Waals surface area (Å²) in [5.74, 6) is 0. The molecule has 0 N–H and O–H groups in total. The molecule has 7 heteroatoms. The molecule has 0 fully saturated rings. The summed E-state index contributed by atoms with van der Waals surface area (Å²) in [4.78, 5) is 6.21. The molecule has 0 radical (unpaired) electrons. The number of rotatable bonds is 1. The first-order valence-electron chi connectivity index (χ1n) is 2.93. The summed E-state index contributed by atoms with van der Waals surface area (Å²) in [7, 11) is 0. The SMILES string of the molecule is C=N/C(Cl)=N\C(Cl)=C(/C)C(F)(F)F. The normalized spacial score (nSPS) is 15.4. The van der Waals surface area contributed by atoms with Crippen molar-refractivity contribution in [3.8, 4) is 0 Å². The van der Waals surface area contributed by atoms with Crippen molar-refractivity contribution in [1.29, 1.82) is 0 Å². The van der Waals surface area contributed by atoms with E-state index in [9.17, 15) is 13.2 Å². The lowest BCUT2D eigenvalue weighted by atomic mass is 10.3. The van der Waals surface area contributed by atoms with Crippen LogP contribution in [0, 0.1) is 0 Å². The molecule has 2 nitrogen and oxygen atoms in total. The van der Waals surface area contributed by atoms with Gasteiger partial charge in [0.2, 0.25) is 5.29 Å². The molecule has 0 aromatic carbocycles. The van der Waals surface area contributed by atoms with E-state index in [1.807, 2.05) is 0 Å². The van der Waals surface area contributed by atoms with Crippen LogP contribution in [0.15, 0.2) is 20.7 Å². The maximum absolute atomic E-state index is 12.0. The lowest BCUT2D eigenvalue weighted by molar-refractivity contribution is -0.0917. The van der Waals surface area contributed by atoms with Crippen LogP contribution in [0.3, 0.4) is 0 Å². The van der Waals surface area contributed by atoms with Gasteiger partial charge in [0.25, 0.3) is 0 Å². The minimum atomic E-state index is -4.51. The molecule has 0 amide bonds. The van der Waals surface area contributed by atoms with Crippen LogP contribution in [0.2, 0.25) is 0 Å². The summed E-state index contributed by atoms with van der Waals surface area (Å²) in [5, 5.41) is -1.18. The highest BCUT2D eigenvalue weighted by Crippen LogP contribution is 2.29. The maximum Gasteiger partial charge on any atom is 0.415 e. The number of aliphatic imine (C=N–C) groups is 2. The summed E-state index contributed by atoms with van der Waals surface area (Å²) in [6.07, 6.45) is -4.51. The minimum Gasteiger partial charge on any atom is -0.234 e. The van der Waals surface area contributed by atoms with Crippen molar-refractivity contribution < 1.29 is 13.2 Å². The Hall–Kier alpha value is -0.550. The van der Waals surface area contributed by atoms with Gasteiger partial charge in [0.15, 0.2) is 0 Å². The molecule has 0 unspecified atom stereocenters. The van der Waals surface area contributed by atoms with Crippen molar-refractivity contribution >= 4 is 35.2 Å². The van der Waals surface area contributed by atoms with E-state index in [0.29, 0.717) is 0 Å². The largest absolute Gasteiger partial charge is 0.415 e. The fourth-order valence-corrected chi connectivity index (χ4v) is 0.632. The molecule has 0 saturated carbocycles. The van der Waals surface area contributed by atoms with Gasteiger partial charge in [-0.1, -0.05) is 11.6 Å². The molecule has 0 rings (SSSR count). The molecule has 0 aliphatic heterocycles. The summed E-state index contributed by atoms with van der Waals surface area (Å²) >= 11 is 10.4. The van der Waals surface area contributed by atoms with E-state index in [1.54, 1.807) is 0 Å². The quantitative estimate of drug-likeness (QED) is 0.377. The van der Waals surface area contributed by atoms with Crippen molar-refractivity contribution in [2.24, 2.45) is 9.98 Å². The second-order valence-electron chi connectivity index (χ2n) is 1.95. The number of amidine groups is 1. The molecule has 13 heavy (non-hydrogen) atoms. The second kappa shape index (κ2) is 4.62. The number of nitrogens with zero attached hydrogens (tertiary/aromatic N) is 2. The van der Waals surface area contributed by atoms with E-state index in [2.05, 4.69) is 16.7 Å². The van der Waals surface area contributed by atoms with Crippen molar-refractivity contribution in [2.75, 3.05) is 0 Å². The Balaban J connectivity index is 4.94. The summed E-state index contributed by atoms with van der Waals surface area (Å²) < 4.78 is 35.9. The van der Waals surface area contributed by atoms with Crippen molar-refractivity contribution in [3.63, 3.8) is 0 Å². The molecule has 0 aromatic rings. The van der Waals surface area contributed by atoms with Crippen molar-refractivity contribution in [3.05, 3.63) is 10.7 Å². The lowest BCUT2D eigenvalue weighted by Crippen LogP contribution is -2.10. The molecule has 74 valence electrons. The first-order valence-corrected chi connectivity index (χ1v) is 3.69. The van der Waals surface area contributed by atoms with Gasteiger partial charge >= 0.3 is 6.18 Å². The van der Waals surface area contributed by atoms with Gasteiger partial charge in [-0.15, -0.1) is 0 Å². The molecule has 0 aliphatic rings. The van der Waals surface area contributed by atoms with Gasteiger partial charge in [-0.05, 0) is 25.2 Å². The third-order valence-electron chi connectivity index (χ3n) is 1.06. The monoisotopic (exact) mass is 232 g/mol. The number of halogens is 5. The van der Waals surface area contributed by atoms with Crippen LogP contribution in [-0.4, -0.2) is 18.2 Å². The third-order valence-corrected chi connectivity index (χ3v) is 1.63. The zero-order valence-electron chi connectivity index (χ0n) is 6.49. The molecule has 0 heterocycles. The highest BCUT2D eigenvalue weighted by atomic mass is 35.5. The Kier molecular flexibility index (Phi) is 4.43.